The zero-order chi connectivity index (χ0) is 12.4. The Balaban J connectivity index is 2.41. The maximum Gasteiger partial charge on any atom is 0.210 e. The third kappa shape index (κ3) is 2.12. The minimum Gasteiger partial charge on any atom is -0.493 e. The second kappa shape index (κ2) is 4.73. The van der Waals surface area contributed by atoms with E-state index < -0.39 is 0 Å². The Hall–Kier alpha value is -1.58. The molecule has 0 aromatic carbocycles. The van der Waals surface area contributed by atoms with Gasteiger partial charge in [0.15, 0.2) is 11.4 Å². The summed E-state index contributed by atoms with van der Waals surface area (Å²) in [7, 11) is 1.57. The molecule has 1 aliphatic rings. The zero-order valence-electron chi connectivity index (χ0n) is 10.6. The highest BCUT2D eigenvalue weighted by atomic mass is 16.5. The van der Waals surface area contributed by atoms with Crippen LogP contribution in [-0.4, -0.2) is 22.7 Å². The first-order valence-electron chi connectivity index (χ1n) is 6.00. The number of carbonyl (C=O) groups excluding carboxylic acids is 1. The first-order valence-corrected chi connectivity index (χ1v) is 6.00. The van der Waals surface area contributed by atoms with Crippen molar-refractivity contribution in [3.63, 3.8) is 0 Å². The molecule has 4 heteroatoms. The van der Waals surface area contributed by atoms with Gasteiger partial charge in [-0.05, 0) is 38.7 Å². The quantitative estimate of drug-likeness (QED) is 0.752. The molecule has 92 valence electrons. The van der Waals surface area contributed by atoms with E-state index in [4.69, 9.17) is 4.74 Å². The number of allylic oxidation sites excluding steroid dienone is 2. The molecule has 0 bridgehead atoms. The van der Waals surface area contributed by atoms with Gasteiger partial charge >= 0.3 is 0 Å². The number of nitrogens with zero attached hydrogens (tertiary/aromatic N) is 2. The van der Waals surface area contributed by atoms with Crippen LogP contribution in [0.2, 0.25) is 0 Å². The van der Waals surface area contributed by atoms with Crippen LogP contribution in [0.1, 0.15) is 49.6 Å². The molecule has 0 aliphatic heterocycles. The van der Waals surface area contributed by atoms with E-state index in [1.165, 1.54) is 0 Å². The number of aromatic nitrogens is 2. The Kier molecular flexibility index (Phi) is 3.31. The molecule has 17 heavy (non-hydrogen) atoms. The average molecular weight is 234 g/mol. The third-order valence-corrected chi connectivity index (χ3v) is 3.02. The topological polar surface area (TPSA) is 44.1 Å². The van der Waals surface area contributed by atoms with E-state index in [-0.39, 0.29) is 11.8 Å². The molecule has 0 saturated carbocycles. The lowest BCUT2D eigenvalue weighted by molar-refractivity contribution is 0.101. The van der Waals surface area contributed by atoms with E-state index in [1.54, 1.807) is 18.0 Å². The number of hydrogen-bond acceptors (Lipinski definition) is 3. The van der Waals surface area contributed by atoms with Crippen LogP contribution in [0, 0.1) is 0 Å². The number of methoxy groups -OCH3 is 1. The molecule has 1 heterocycles. The van der Waals surface area contributed by atoms with Crippen molar-refractivity contribution in [3.8, 4) is 5.75 Å². The van der Waals surface area contributed by atoms with E-state index in [9.17, 15) is 4.79 Å². The third-order valence-electron chi connectivity index (χ3n) is 3.02. The van der Waals surface area contributed by atoms with Crippen LogP contribution in [0.3, 0.4) is 0 Å². The first kappa shape index (κ1) is 11.9. The van der Waals surface area contributed by atoms with Crippen LogP contribution in [0.15, 0.2) is 17.8 Å². The first-order chi connectivity index (χ1) is 8.15. The molecule has 0 N–H and O–H groups in total. The number of ether oxygens (including phenoxy) is 1. The van der Waals surface area contributed by atoms with E-state index in [1.807, 2.05) is 19.9 Å². The Labute approximate surface area is 101 Å². The molecule has 0 atom stereocenters. The summed E-state index contributed by atoms with van der Waals surface area (Å²) < 4.78 is 6.96. The van der Waals surface area contributed by atoms with Crippen molar-refractivity contribution in [2.75, 3.05) is 7.11 Å². The molecule has 0 radical (unpaired) electrons. The van der Waals surface area contributed by atoms with Crippen molar-refractivity contribution in [1.29, 1.82) is 0 Å². The molecule has 0 unspecified atom stereocenters. The van der Waals surface area contributed by atoms with E-state index in [0.29, 0.717) is 11.4 Å². The largest absolute Gasteiger partial charge is 0.493 e. The van der Waals surface area contributed by atoms with Gasteiger partial charge in [0.2, 0.25) is 5.78 Å². The molecular formula is C13H18N2O2. The molecule has 0 saturated heterocycles. The van der Waals surface area contributed by atoms with Crippen molar-refractivity contribution in [1.82, 2.24) is 9.78 Å². The number of rotatable bonds is 4. The van der Waals surface area contributed by atoms with Crippen molar-refractivity contribution < 1.29 is 9.53 Å². The molecule has 1 aliphatic carbocycles. The van der Waals surface area contributed by atoms with Crippen LogP contribution in [0.25, 0.3) is 0 Å². The smallest absolute Gasteiger partial charge is 0.210 e. The average Bonchev–Trinajstić information content (AvgIpc) is 2.96. The summed E-state index contributed by atoms with van der Waals surface area (Å²) in [4.78, 5) is 12.4. The summed E-state index contributed by atoms with van der Waals surface area (Å²) in [6.07, 6.45) is 6.58. The van der Waals surface area contributed by atoms with Crippen molar-refractivity contribution >= 4 is 5.78 Å². The Morgan fingerprint density at radius 2 is 2.29 bits per heavy atom. The Morgan fingerprint density at radius 3 is 2.82 bits per heavy atom. The minimum absolute atomic E-state index is 0.0607. The number of carbonyl (C=O) groups is 1. The Bertz CT molecular complexity index is 458. The van der Waals surface area contributed by atoms with Gasteiger partial charge in [0.05, 0.1) is 13.3 Å². The fourth-order valence-electron chi connectivity index (χ4n) is 2.13. The zero-order valence-corrected chi connectivity index (χ0v) is 10.6. The number of ketones is 1. The monoisotopic (exact) mass is 234 g/mol. The highest BCUT2D eigenvalue weighted by Gasteiger charge is 2.24. The van der Waals surface area contributed by atoms with Gasteiger partial charge in [-0.25, -0.2) is 0 Å². The number of Topliss-reactive ketones (excluding diaryl/α,β-unsaturated/α-hetero) is 1. The van der Waals surface area contributed by atoms with Gasteiger partial charge in [-0.2, -0.15) is 5.10 Å². The van der Waals surface area contributed by atoms with Gasteiger partial charge in [0.25, 0.3) is 0 Å². The van der Waals surface area contributed by atoms with Gasteiger partial charge < -0.3 is 4.74 Å². The lowest BCUT2D eigenvalue weighted by Gasteiger charge is -2.11. The fraction of sp³-hybridized carbons (Fsp3) is 0.538. The van der Waals surface area contributed by atoms with E-state index in [0.717, 1.165) is 24.8 Å². The van der Waals surface area contributed by atoms with Gasteiger partial charge in [-0.3, -0.25) is 9.48 Å². The summed E-state index contributed by atoms with van der Waals surface area (Å²) in [5.41, 5.74) is 1.47. The molecule has 0 fully saturated rings. The number of hydrogen-bond donors (Lipinski definition) is 0. The van der Waals surface area contributed by atoms with Crippen molar-refractivity contribution in [3.05, 3.63) is 23.5 Å². The molecule has 4 nitrogen and oxygen atoms in total. The summed E-state index contributed by atoms with van der Waals surface area (Å²) >= 11 is 0. The van der Waals surface area contributed by atoms with Crippen LogP contribution in [0.5, 0.6) is 5.75 Å². The SMILES string of the molecule is COc1cnn(C(C)C)c1C(=O)C1=CCCC1. The summed E-state index contributed by atoms with van der Waals surface area (Å²) in [6, 6.07) is 0.153. The van der Waals surface area contributed by atoms with Crippen LogP contribution in [-0.2, 0) is 0 Å². The maximum atomic E-state index is 12.4. The highest BCUT2D eigenvalue weighted by molar-refractivity contribution is 6.09. The molecule has 2 rings (SSSR count). The summed E-state index contributed by atoms with van der Waals surface area (Å²) in [5, 5.41) is 4.22. The van der Waals surface area contributed by atoms with E-state index >= 15 is 0 Å². The van der Waals surface area contributed by atoms with Crippen LogP contribution < -0.4 is 4.74 Å². The van der Waals surface area contributed by atoms with E-state index in [2.05, 4.69) is 5.10 Å². The van der Waals surface area contributed by atoms with Gasteiger partial charge in [-0.1, -0.05) is 6.08 Å². The second-order valence-electron chi connectivity index (χ2n) is 4.55. The predicted molar refractivity (Wildman–Crippen MR) is 65.4 cm³/mol. The molecule has 0 spiro atoms. The maximum absolute atomic E-state index is 12.4. The molecule has 0 amide bonds. The van der Waals surface area contributed by atoms with Crippen LogP contribution >= 0.6 is 0 Å². The minimum atomic E-state index is 0.0607. The van der Waals surface area contributed by atoms with Gasteiger partial charge in [0.1, 0.15) is 0 Å². The summed E-state index contributed by atoms with van der Waals surface area (Å²) in [6.45, 7) is 4.01. The lowest BCUT2D eigenvalue weighted by atomic mass is 10.1. The lowest BCUT2D eigenvalue weighted by Crippen LogP contribution is -2.14. The normalized spacial score (nSPS) is 15.2. The fourth-order valence-corrected chi connectivity index (χ4v) is 2.13. The van der Waals surface area contributed by atoms with Crippen molar-refractivity contribution in [2.45, 2.75) is 39.2 Å². The molecule has 1 aromatic rings. The Morgan fingerprint density at radius 1 is 1.53 bits per heavy atom. The standard InChI is InChI=1S/C13H18N2O2/c1-9(2)15-12(11(17-3)8-14-15)13(16)10-6-4-5-7-10/h6,8-9H,4-5,7H2,1-3H3. The predicted octanol–water partition coefficient (Wildman–Crippen LogP) is 2.77. The molecular weight excluding hydrogens is 216 g/mol. The van der Waals surface area contributed by atoms with Gasteiger partial charge in [0, 0.05) is 6.04 Å². The second-order valence-corrected chi connectivity index (χ2v) is 4.55. The van der Waals surface area contributed by atoms with Gasteiger partial charge in [-0.15, -0.1) is 0 Å². The van der Waals surface area contributed by atoms with Crippen molar-refractivity contribution in [2.24, 2.45) is 0 Å². The van der Waals surface area contributed by atoms with Crippen LogP contribution in [0.4, 0.5) is 0 Å². The molecule has 1 aromatic heterocycles. The highest BCUT2D eigenvalue weighted by Crippen LogP contribution is 2.28. The summed E-state index contributed by atoms with van der Waals surface area (Å²) in [5.74, 6) is 0.627.